The first-order chi connectivity index (χ1) is 9.25. The van der Waals surface area contributed by atoms with Gasteiger partial charge in [0.2, 0.25) is 6.79 Å². The van der Waals surface area contributed by atoms with Gasteiger partial charge in [0.1, 0.15) is 0 Å². The molecule has 0 fully saturated rings. The predicted molar refractivity (Wildman–Crippen MR) is 68.6 cm³/mol. The van der Waals surface area contributed by atoms with Gasteiger partial charge in [-0.2, -0.15) is 0 Å². The molecule has 0 aromatic heterocycles. The molecule has 0 amide bonds. The van der Waals surface area contributed by atoms with Gasteiger partial charge in [-0.05, 0) is 37.0 Å². The van der Waals surface area contributed by atoms with E-state index in [4.69, 9.17) is 19.3 Å². The molecule has 1 aromatic carbocycles. The van der Waals surface area contributed by atoms with Gasteiger partial charge in [-0.3, -0.25) is 4.79 Å². The fraction of sp³-hybridized carbons (Fsp3) is 0.500. The summed E-state index contributed by atoms with van der Waals surface area (Å²) >= 11 is 0. The Morgan fingerprint density at radius 3 is 2.84 bits per heavy atom. The van der Waals surface area contributed by atoms with Crippen molar-refractivity contribution in [3.05, 3.63) is 23.8 Å². The van der Waals surface area contributed by atoms with Crippen molar-refractivity contribution in [2.24, 2.45) is 0 Å². The maximum atomic E-state index is 10.3. The van der Waals surface area contributed by atoms with E-state index in [9.17, 15) is 4.79 Å². The van der Waals surface area contributed by atoms with Crippen molar-refractivity contribution in [3.8, 4) is 11.5 Å². The van der Waals surface area contributed by atoms with Crippen LogP contribution in [0, 0.1) is 0 Å². The largest absolute Gasteiger partial charge is 0.481 e. The first kappa shape index (κ1) is 13.7. The normalized spacial score (nSPS) is 12.6. The lowest BCUT2D eigenvalue weighted by Crippen LogP contribution is -2.02. The number of hydrogen-bond acceptors (Lipinski definition) is 4. The minimum Gasteiger partial charge on any atom is -0.481 e. The number of rotatable bonds is 8. The Hall–Kier alpha value is -1.75. The molecule has 1 aromatic rings. The second kappa shape index (κ2) is 6.99. The van der Waals surface area contributed by atoms with Crippen LogP contribution in [0.4, 0.5) is 0 Å². The van der Waals surface area contributed by atoms with Crippen LogP contribution >= 0.6 is 0 Å². The second-order valence-electron chi connectivity index (χ2n) is 4.40. The Morgan fingerprint density at radius 1 is 1.21 bits per heavy atom. The van der Waals surface area contributed by atoms with Crippen molar-refractivity contribution in [2.45, 2.75) is 25.7 Å². The molecule has 19 heavy (non-hydrogen) atoms. The van der Waals surface area contributed by atoms with Crippen LogP contribution < -0.4 is 9.47 Å². The molecule has 0 saturated carbocycles. The second-order valence-corrected chi connectivity index (χ2v) is 4.40. The fourth-order valence-electron chi connectivity index (χ4n) is 1.90. The monoisotopic (exact) mass is 266 g/mol. The summed E-state index contributed by atoms with van der Waals surface area (Å²) in [7, 11) is 0. The van der Waals surface area contributed by atoms with Crippen LogP contribution in [-0.2, 0) is 16.0 Å². The molecule has 0 spiro atoms. The van der Waals surface area contributed by atoms with E-state index < -0.39 is 5.97 Å². The van der Waals surface area contributed by atoms with Crippen LogP contribution in [0.15, 0.2) is 18.2 Å². The average molecular weight is 266 g/mol. The lowest BCUT2D eigenvalue weighted by Gasteiger charge is -2.04. The Morgan fingerprint density at radius 2 is 2.00 bits per heavy atom. The van der Waals surface area contributed by atoms with Gasteiger partial charge in [0.15, 0.2) is 11.5 Å². The predicted octanol–water partition coefficient (Wildman–Crippen LogP) is 2.23. The molecule has 1 N–H and O–H groups in total. The summed E-state index contributed by atoms with van der Waals surface area (Å²) in [5, 5.41) is 8.46. The Bertz CT molecular complexity index is 430. The van der Waals surface area contributed by atoms with Crippen LogP contribution in [-0.4, -0.2) is 31.1 Å². The number of aryl methyl sites for hydroxylation is 1. The smallest absolute Gasteiger partial charge is 0.303 e. The zero-order valence-electron chi connectivity index (χ0n) is 10.8. The Balaban J connectivity index is 1.59. The van der Waals surface area contributed by atoms with Gasteiger partial charge < -0.3 is 19.3 Å². The van der Waals surface area contributed by atoms with Gasteiger partial charge in [-0.25, -0.2) is 0 Å². The molecule has 5 nitrogen and oxygen atoms in total. The van der Waals surface area contributed by atoms with E-state index in [1.165, 1.54) is 5.56 Å². The number of fused-ring (bicyclic) bond motifs is 1. The highest BCUT2D eigenvalue weighted by molar-refractivity contribution is 5.66. The van der Waals surface area contributed by atoms with E-state index in [0.29, 0.717) is 26.4 Å². The topological polar surface area (TPSA) is 65.0 Å². The van der Waals surface area contributed by atoms with Crippen LogP contribution in [0.25, 0.3) is 0 Å². The summed E-state index contributed by atoms with van der Waals surface area (Å²) < 4.78 is 15.9. The summed E-state index contributed by atoms with van der Waals surface area (Å²) in [5.74, 6) is 0.831. The van der Waals surface area contributed by atoms with Crippen molar-refractivity contribution in [3.63, 3.8) is 0 Å². The molecule has 1 aliphatic heterocycles. The van der Waals surface area contributed by atoms with E-state index in [2.05, 4.69) is 0 Å². The zero-order chi connectivity index (χ0) is 13.5. The van der Waals surface area contributed by atoms with Crippen molar-refractivity contribution in [1.29, 1.82) is 0 Å². The van der Waals surface area contributed by atoms with Crippen molar-refractivity contribution >= 4 is 5.97 Å². The third-order valence-corrected chi connectivity index (χ3v) is 2.87. The number of carboxylic acid groups (broad SMARTS) is 1. The lowest BCUT2D eigenvalue weighted by molar-refractivity contribution is -0.137. The molecular weight excluding hydrogens is 248 g/mol. The average Bonchev–Trinajstić information content (AvgIpc) is 2.84. The summed E-state index contributed by atoms with van der Waals surface area (Å²) in [6.07, 6.45) is 2.56. The van der Waals surface area contributed by atoms with Crippen LogP contribution in [0.5, 0.6) is 11.5 Å². The van der Waals surface area contributed by atoms with Crippen molar-refractivity contribution in [1.82, 2.24) is 0 Å². The molecule has 0 unspecified atom stereocenters. The van der Waals surface area contributed by atoms with E-state index in [-0.39, 0.29) is 6.42 Å². The molecule has 2 rings (SSSR count). The third-order valence-electron chi connectivity index (χ3n) is 2.87. The molecule has 0 radical (unpaired) electrons. The highest BCUT2D eigenvalue weighted by atomic mass is 16.7. The number of hydrogen-bond donors (Lipinski definition) is 1. The standard InChI is InChI=1S/C14H18O5/c15-14(16)4-2-8-17-7-1-3-11-5-6-12-13(9-11)19-10-18-12/h5-6,9H,1-4,7-8,10H2,(H,15,16). The van der Waals surface area contributed by atoms with Crippen LogP contribution in [0.1, 0.15) is 24.8 Å². The number of carbonyl (C=O) groups is 1. The van der Waals surface area contributed by atoms with Crippen LogP contribution in [0.2, 0.25) is 0 Å². The summed E-state index contributed by atoms with van der Waals surface area (Å²) in [6, 6.07) is 5.94. The lowest BCUT2D eigenvalue weighted by atomic mass is 10.1. The summed E-state index contributed by atoms with van der Waals surface area (Å²) in [4.78, 5) is 10.3. The number of benzene rings is 1. The van der Waals surface area contributed by atoms with Crippen molar-refractivity contribution in [2.75, 3.05) is 20.0 Å². The maximum absolute atomic E-state index is 10.3. The molecule has 1 heterocycles. The van der Waals surface area contributed by atoms with Gasteiger partial charge in [0.25, 0.3) is 0 Å². The van der Waals surface area contributed by atoms with E-state index in [1.807, 2.05) is 18.2 Å². The minimum atomic E-state index is -0.774. The highest BCUT2D eigenvalue weighted by Crippen LogP contribution is 2.32. The minimum absolute atomic E-state index is 0.169. The Labute approximate surface area is 112 Å². The van der Waals surface area contributed by atoms with Gasteiger partial charge in [0, 0.05) is 19.6 Å². The highest BCUT2D eigenvalue weighted by Gasteiger charge is 2.12. The molecule has 104 valence electrons. The molecule has 0 saturated heterocycles. The van der Waals surface area contributed by atoms with E-state index in [0.717, 1.165) is 24.3 Å². The number of carboxylic acids is 1. The van der Waals surface area contributed by atoms with Crippen LogP contribution in [0.3, 0.4) is 0 Å². The first-order valence-corrected chi connectivity index (χ1v) is 6.44. The quantitative estimate of drug-likeness (QED) is 0.731. The molecule has 0 aliphatic carbocycles. The van der Waals surface area contributed by atoms with Gasteiger partial charge in [0.05, 0.1) is 0 Å². The number of ether oxygens (including phenoxy) is 3. The summed E-state index contributed by atoms with van der Waals surface area (Å²) in [6.45, 7) is 1.45. The maximum Gasteiger partial charge on any atom is 0.303 e. The van der Waals surface area contributed by atoms with Gasteiger partial charge in [-0.15, -0.1) is 0 Å². The molecule has 0 atom stereocenters. The molecular formula is C14H18O5. The van der Waals surface area contributed by atoms with Gasteiger partial charge >= 0.3 is 5.97 Å². The third kappa shape index (κ3) is 4.44. The van der Waals surface area contributed by atoms with E-state index >= 15 is 0 Å². The van der Waals surface area contributed by atoms with Gasteiger partial charge in [-0.1, -0.05) is 6.07 Å². The number of aliphatic carboxylic acids is 1. The Kier molecular flexibility index (Phi) is 5.03. The van der Waals surface area contributed by atoms with Crippen molar-refractivity contribution < 1.29 is 24.1 Å². The fourth-order valence-corrected chi connectivity index (χ4v) is 1.90. The molecule has 0 bridgehead atoms. The molecule has 1 aliphatic rings. The summed E-state index contributed by atoms with van der Waals surface area (Å²) in [5.41, 5.74) is 1.19. The SMILES string of the molecule is O=C(O)CCCOCCCc1ccc2c(c1)OCO2. The molecule has 5 heteroatoms. The first-order valence-electron chi connectivity index (χ1n) is 6.44. The van der Waals surface area contributed by atoms with E-state index in [1.54, 1.807) is 0 Å². The zero-order valence-corrected chi connectivity index (χ0v) is 10.8.